The van der Waals surface area contributed by atoms with Gasteiger partial charge in [0.25, 0.3) is 0 Å². The normalized spacial score (nSPS) is 11.8. The molecule has 1 aromatic heterocycles. The molecule has 17 heavy (non-hydrogen) atoms. The Bertz CT molecular complexity index is 532. The number of H-pyrrole nitrogens is 1. The predicted octanol–water partition coefficient (Wildman–Crippen LogP) is 1.21. The molecule has 1 heterocycles. The molecule has 8 heteroatoms. The van der Waals surface area contributed by atoms with Crippen molar-refractivity contribution in [3.8, 4) is 11.4 Å². The van der Waals surface area contributed by atoms with Gasteiger partial charge in [-0.25, -0.2) is 0 Å². The molecule has 1 aromatic carbocycles. The molecule has 0 saturated heterocycles. The summed E-state index contributed by atoms with van der Waals surface area (Å²) in [4.78, 5) is 2.69. The number of tetrazole rings is 1. The zero-order chi connectivity index (χ0) is 12.1. The maximum atomic E-state index is 9.12. The van der Waals surface area contributed by atoms with Gasteiger partial charge in [0.1, 0.15) is 0 Å². The SMILES string of the molecule is [N-]=[N+]=NC(CO)c1cccc(-c2nn[nH]n2)c1. The summed E-state index contributed by atoms with van der Waals surface area (Å²) in [5.41, 5.74) is 9.83. The van der Waals surface area contributed by atoms with Crippen molar-refractivity contribution in [1.82, 2.24) is 20.6 Å². The Morgan fingerprint density at radius 3 is 3.06 bits per heavy atom. The number of rotatable bonds is 4. The molecule has 0 spiro atoms. The van der Waals surface area contributed by atoms with E-state index in [1.165, 1.54) is 0 Å². The fraction of sp³-hybridized carbons (Fsp3) is 0.222. The molecule has 8 nitrogen and oxygen atoms in total. The minimum absolute atomic E-state index is 0.250. The van der Waals surface area contributed by atoms with E-state index in [-0.39, 0.29) is 6.61 Å². The highest BCUT2D eigenvalue weighted by molar-refractivity contribution is 5.55. The van der Waals surface area contributed by atoms with Gasteiger partial charge in [-0.1, -0.05) is 23.3 Å². The van der Waals surface area contributed by atoms with E-state index in [2.05, 4.69) is 30.7 Å². The first kappa shape index (κ1) is 11.1. The third-order valence-corrected chi connectivity index (χ3v) is 2.24. The molecule has 1 unspecified atom stereocenters. The van der Waals surface area contributed by atoms with Crippen LogP contribution in [-0.2, 0) is 0 Å². The summed E-state index contributed by atoms with van der Waals surface area (Å²) in [7, 11) is 0. The molecule has 0 aliphatic carbocycles. The third-order valence-electron chi connectivity index (χ3n) is 2.24. The molecule has 0 radical (unpaired) electrons. The Morgan fingerprint density at radius 1 is 1.53 bits per heavy atom. The number of aromatic nitrogens is 4. The molecule has 0 aliphatic heterocycles. The van der Waals surface area contributed by atoms with Gasteiger partial charge in [-0.15, -0.1) is 10.2 Å². The summed E-state index contributed by atoms with van der Waals surface area (Å²) in [5, 5.41) is 26.1. The minimum atomic E-state index is -0.605. The average Bonchev–Trinajstić information content (AvgIpc) is 2.90. The maximum absolute atomic E-state index is 9.12. The fourth-order valence-corrected chi connectivity index (χ4v) is 1.44. The first-order chi connectivity index (χ1) is 8.35. The summed E-state index contributed by atoms with van der Waals surface area (Å²) >= 11 is 0. The first-order valence-corrected chi connectivity index (χ1v) is 4.84. The van der Waals surface area contributed by atoms with E-state index in [1.54, 1.807) is 24.3 Å². The van der Waals surface area contributed by atoms with E-state index in [0.717, 1.165) is 5.56 Å². The third kappa shape index (κ3) is 2.39. The van der Waals surface area contributed by atoms with E-state index >= 15 is 0 Å². The second-order valence-electron chi connectivity index (χ2n) is 3.26. The highest BCUT2D eigenvalue weighted by Crippen LogP contribution is 2.22. The fourth-order valence-electron chi connectivity index (χ4n) is 1.44. The molecular weight excluding hydrogens is 222 g/mol. The number of nitrogens with one attached hydrogen (secondary N) is 1. The predicted molar refractivity (Wildman–Crippen MR) is 58.6 cm³/mol. The van der Waals surface area contributed by atoms with Gasteiger partial charge in [0.15, 0.2) is 0 Å². The van der Waals surface area contributed by atoms with Gasteiger partial charge in [-0.05, 0) is 22.4 Å². The van der Waals surface area contributed by atoms with Crippen molar-refractivity contribution in [3.63, 3.8) is 0 Å². The number of aliphatic hydroxyl groups excluding tert-OH is 1. The van der Waals surface area contributed by atoms with Crippen molar-refractivity contribution in [2.45, 2.75) is 6.04 Å². The lowest BCUT2D eigenvalue weighted by Gasteiger charge is -2.08. The van der Waals surface area contributed by atoms with Crippen LogP contribution in [-0.4, -0.2) is 32.3 Å². The van der Waals surface area contributed by atoms with Gasteiger partial charge in [-0.3, -0.25) is 0 Å². The lowest BCUT2D eigenvalue weighted by molar-refractivity contribution is 0.268. The highest BCUT2D eigenvalue weighted by atomic mass is 16.3. The summed E-state index contributed by atoms with van der Waals surface area (Å²) in [6, 6.07) is 6.49. The van der Waals surface area contributed by atoms with Crippen molar-refractivity contribution in [1.29, 1.82) is 0 Å². The Morgan fingerprint density at radius 2 is 2.41 bits per heavy atom. The molecular formula is C9H9N7O. The number of azide groups is 1. The van der Waals surface area contributed by atoms with Gasteiger partial charge in [0.2, 0.25) is 5.82 Å². The second kappa shape index (κ2) is 5.06. The van der Waals surface area contributed by atoms with Crippen LogP contribution in [0.1, 0.15) is 11.6 Å². The van der Waals surface area contributed by atoms with Crippen LogP contribution in [0.5, 0.6) is 0 Å². The number of hydrogen-bond donors (Lipinski definition) is 2. The van der Waals surface area contributed by atoms with Crippen LogP contribution >= 0.6 is 0 Å². The molecule has 0 fully saturated rings. The van der Waals surface area contributed by atoms with Crippen molar-refractivity contribution >= 4 is 0 Å². The molecule has 0 amide bonds. The largest absolute Gasteiger partial charge is 0.396 e. The summed E-state index contributed by atoms with van der Waals surface area (Å²) in [6.45, 7) is -0.250. The van der Waals surface area contributed by atoms with Crippen molar-refractivity contribution in [3.05, 3.63) is 40.3 Å². The Hall–Kier alpha value is -2.44. The number of benzene rings is 1. The summed E-state index contributed by atoms with van der Waals surface area (Å²) in [5.74, 6) is 0.449. The Balaban J connectivity index is 2.37. The monoisotopic (exact) mass is 231 g/mol. The first-order valence-electron chi connectivity index (χ1n) is 4.84. The topological polar surface area (TPSA) is 123 Å². The van der Waals surface area contributed by atoms with Crippen molar-refractivity contribution in [2.24, 2.45) is 5.11 Å². The van der Waals surface area contributed by atoms with Gasteiger partial charge in [-0.2, -0.15) is 5.21 Å². The number of nitrogens with zero attached hydrogens (tertiary/aromatic N) is 6. The quantitative estimate of drug-likeness (QED) is 0.466. The average molecular weight is 231 g/mol. The highest BCUT2D eigenvalue weighted by Gasteiger charge is 2.10. The maximum Gasteiger partial charge on any atom is 0.204 e. The van der Waals surface area contributed by atoms with Crippen LogP contribution < -0.4 is 0 Å². The minimum Gasteiger partial charge on any atom is -0.396 e. The lowest BCUT2D eigenvalue weighted by atomic mass is 10.0. The van der Waals surface area contributed by atoms with Crippen LogP contribution in [0.15, 0.2) is 29.4 Å². The van der Waals surface area contributed by atoms with E-state index in [0.29, 0.717) is 11.4 Å². The van der Waals surface area contributed by atoms with Crippen LogP contribution in [0.4, 0.5) is 0 Å². The van der Waals surface area contributed by atoms with Gasteiger partial charge in [0, 0.05) is 10.5 Å². The zero-order valence-electron chi connectivity index (χ0n) is 8.72. The molecule has 2 aromatic rings. The standard InChI is InChI=1S/C9H9N7O/c10-14-11-8(5-17)6-2-1-3-7(4-6)9-12-15-16-13-9/h1-4,8,17H,5H2,(H,12,13,15,16). The molecule has 0 aliphatic rings. The lowest BCUT2D eigenvalue weighted by Crippen LogP contribution is -2.00. The summed E-state index contributed by atoms with van der Waals surface area (Å²) in [6.07, 6.45) is 0. The smallest absolute Gasteiger partial charge is 0.204 e. The van der Waals surface area contributed by atoms with Gasteiger partial charge >= 0.3 is 0 Å². The molecule has 0 saturated carbocycles. The molecule has 2 N–H and O–H groups in total. The number of aromatic amines is 1. The second-order valence-corrected chi connectivity index (χ2v) is 3.26. The summed E-state index contributed by atoms with van der Waals surface area (Å²) < 4.78 is 0. The van der Waals surface area contributed by atoms with E-state index < -0.39 is 6.04 Å². The van der Waals surface area contributed by atoms with Crippen LogP contribution in [0, 0.1) is 0 Å². The van der Waals surface area contributed by atoms with Crippen LogP contribution in [0.3, 0.4) is 0 Å². The molecule has 86 valence electrons. The molecule has 0 bridgehead atoms. The number of hydrogen-bond acceptors (Lipinski definition) is 5. The van der Waals surface area contributed by atoms with E-state index in [9.17, 15) is 0 Å². The Kier molecular flexibility index (Phi) is 3.29. The zero-order valence-corrected chi connectivity index (χ0v) is 8.72. The van der Waals surface area contributed by atoms with E-state index in [1.807, 2.05) is 0 Å². The van der Waals surface area contributed by atoms with E-state index in [4.69, 9.17) is 10.6 Å². The number of aliphatic hydroxyl groups is 1. The van der Waals surface area contributed by atoms with Gasteiger partial charge in [0.05, 0.1) is 12.6 Å². The molecule has 2 rings (SSSR count). The Labute approximate surface area is 95.9 Å². The molecule has 1 atom stereocenters. The van der Waals surface area contributed by atoms with Crippen molar-refractivity contribution < 1.29 is 5.11 Å². The van der Waals surface area contributed by atoms with Crippen LogP contribution in [0.25, 0.3) is 21.8 Å². The van der Waals surface area contributed by atoms with Gasteiger partial charge < -0.3 is 5.11 Å². The van der Waals surface area contributed by atoms with Crippen LogP contribution in [0.2, 0.25) is 0 Å². The van der Waals surface area contributed by atoms with Crippen molar-refractivity contribution in [2.75, 3.05) is 6.61 Å².